The minimum absolute atomic E-state index is 0.0966. The molecule has 0 aromatic rings. The van der Waals surface area contributed by atoms with Gasteiger partial charge in [-0.05, 0) is 26.2 Å². The van der Waals surface area contributed by atoms with Gasteiger partial charge in [-0.1, -0.05) is 0 Å². The lowest BCUT2D eigenvalue weighted by molar-refractivity contribution is -0.137. The molecule has 1 saturated carbocycles. The van der Waals surface area contributed by atoms with Crippen molar-refractivity contribution in [2.75, 3.05) is 6.61 Å². The van der Waals surface area contributed by atoms with Gasteiger partial charge in [0.1, 0.15) is 0 Å². The fraction of sp³-hybridized carbons (Fsp3) is 0.600. The fourth-order valence-electron chi connectivity index (χ4n) is 1.38. The van der Waals surface area contributed by atoms with E-state index in [1.807, 2.05) is 0 Å². The van der Waals surface area contributed by atoms with Gasteiger partial charge in [0, 0.05) is 18.1 Å². The second-order valence-corrected chi connectivity index (χ2v) is 3.05. The maximum atomic E-state index is 11.3. The van der Waals surface area contributed by atoms with Gasteiger partial charge in [-0.3, -0.25) is 4.79 Å². The Hall–Kier alpha value is -1.12. The Balaban J connectivity index is 2.57. The Morgan fingerprint density at radius 2 is 2.15 bits per heavy atom. The Kier molecular flexibility index (Phi) is 3.68. The summed E-state index contributed by atoms with van der Waals surface area (Å²) >= 11 is 0. The molecule has 72 valence electrons. The van der Waals surface area contributed by atoms with Crippen LogP contribution in [0.25, 0.3) is 0 Å². The van der Waals surface area contributed by atoms with Crippen molar-refractivity contribution in [1.29, 1.82) is 0 Å². The number of carbonyl (C=O) groups excluding carboxylic acids is 2. The molecular formula is C10H14O3. The minimum Gasteiger partial charge on any atom is -0.463 e. The molecule has 0 bridgehead atoms. The lowest BCUT2D eigenvalue weighted by Crippen LogP contribution is -2.11. The molecule has 0 atom stereocenters. The molecule has 0 N–H and O–H groups in total. The van der Waals surface area contributed by atoms with E-state index in [1.165, 1.54) is 6.08 Å². The van der Waals surface area contributed by atoms with E-state index in [2.05, 4.69) is 0 Å². The summed E-state index contributed by atoms with van der Waals surface area (Å²) in [7, 11) is 0. The highest BCUT2D eigenvalue weighted by molar-refractivity contribution is 6.01. The van der Waals surface area contributed by atoms with E-state index >= 15 is 0 Å². The fourth-order valence-corrected chi connectivity index (χ4v) is 1.38. The van der Waals surface area contributed by atoms with Crippen molar-refractivity contribution in [2.24, 2.45) is 0 Å². The average Bonchev–Trinajstić information content (AvgIpc) is 2.09. The first-order chi connectivity index (χ1) is 6.24. The zero-order chi connectivity index (χ0) is 9.68. The SMILES string of the molecule is CCOC(=O)/C=C1\CCCCC1=O. The number of ether oxygens (including phenoxy) is 1. The molecule has 0 unspecified atom stereocenters. The monoisotopic (exact) mass is 182 g/mol. The first-order valence-electron chi connectivity index (χ1n) is 4.64. The Bertz CT molecular complexity index is 241. The molecule has 1 aliphatic carbocycles. The average molecular weight is 182 g/mol. The van der Waals surface area contributed by atoms with Crippen LogP contribution in [0.1, 0.15) is 32.6 Å². The van der Waals surface area contributed by atoms with E-state index in [-0.39, 0.29) is 5.78 Å². The standard InChI is InChI=1S/C10H14O3/c1-2-13-10(12)7-8-5-3-4-6-9(8)11/h7H,2-6H2,1H3/b8-7+. The molecule has 1 aliphatic rings. The van der Waals surface area contributed by atoms with Crippen LogP contribution in [0, 0.1) is 0 Å². The highest BCUT2D eigenvalue weighted by atomic mass is 16.5. The van der Waals surface area contributed by atoms with E-state index in [0.29, 0.717) is 18.6 Å². The van der Waals surface area contributed by atoms with Gasteiger partial charge in [0.05, 0.1) is 6.61 Å². The molecule has 0 saturated heterocycles. The number of carbonyl (C=O) groups is 2. The minimum atomic E-state index is -0.396. The highest BCUT2D eigenvalue weighted by Crippen LogP contribution is 2.19. The summed E-state index contributed by atoms with van der Waals surface area (Å²) < 4.78 is 4.73. The molecule has 0 amide bonds. The van der Waals surface area contributed by atoms with Crippen LogP contribution >= 0.6 is 0 Å². The normalized spacial score (nSPS) is 20.4. The van der Waals surface area contributed by atoms with Crippen molar-refractivity contribution < 1.29 is 14.3 Å². The molecule has 0 heterocycles. The molecule has 3 heteroatoms. The van der Waals surface area contributed by atoms with Crippen molar-refractivity contribution in [1.82, 2.24) is 0 Å². The van der Waals surface area contributed by atoms with Gasteiger partial charge in [-0.25, -0.2) is 4.79 Å². The van der Waals surface area contributed by atoms with E-state index < -0.39 is 5.97 Å². The predicted octanol–water partition coefficient (Wildman–Crippen LogP) is 1.62. The van der Waals surface area contributed by atoms with Gasteiger partial charge in [0.25, 0.3) is 0 Å². The summed E-state index contributed by atoms with van der Waals surface area (Å²) in [6, 6.07) is 0. The molecule has 0 aromatic heterocycles. The van der Waals surface area contributed by atoms with Crippen LogP contribution in [-0.4, -0.2) is 18.4 Å². The molecular weight excluding hydrogens is 168 g/mol. The number of ketones is 1. The zero-order valence-electron chi connectivity index (χ0n) is 7.84. The quantitative estimate of drug-likeness (QED) is 0.481. The second kappa shape index (κ2) is 4.80. The Morgan fingerprint density at radius 1 is 1.46 bits per heavy atom. The Morgan fingerprint density at radius 3 is 2.77 bits per heavy atom. The molecule has 1 fully saturated rings. The smallest absolute Gasteiger partial charge is 0.331 e. The number of rotatable bonds is 2. The van der Waals surface area contributed by atoms with Gasteiger partial charge in [-0.2, -0.15) is 0 Å². The lowest BCUT2D eigenvalue weighted by atomic mass is 9.93. The molecule has 13 heavy (non-hydrogen) atoms. The number of hydrogen-bond donors (Lipinski definition) is 0. The zero-order valence-corrected chi connectivity index (χ0v) is 7.84. The van der Waals surface area contributed by atoms with Crippen LogP contribution in [0.3, 0.4) is 0 Å². The van der Waals surface area contributed by atoms with Gasteiger partial charge >= 0.3 is 5.97 Å². The van der Waals surface area contributed by atoms with Gasteiger partial charge in [0.2, 0.25) is 0 Å². The van der Waals surface area contributed by atoms with Crippen LogP contribution in [0.15, 0.2) is 11.6 Å². The van der Waals surface area contributed by atoms with E-state index in [1.54, 1.807) is 6.92 Å². The van der Waals surface area contributed by atoms with E-state index in [4.69, 9.17) is 4.74 Å². The maximum Gasteiger partial charge on any atom is 0.331 e. The van der Waals surface area contributed by atoms with E-state index in [9.17, 15) is 9.59 Å². The largest absolute Gasteiger partial charge is 0.463 e. The summed E-state index contributed by atoms with van der Waals surface area (Å²) in [4.78, 5) is 22.3. The van der Waals surface area contributed by atoms with Crippen LogP contribution in [0.2, 0.25) is 0 Å². The third-order valence-corrected chi connectivity index (χ3v) is 2.04. The molecule has 0 aliphatic heterocycles. The van der Waals surface area contributed by atoms with Crippen molar-refractivity contribution in [3.05, 3.63) is 11.6 Å². The summed E-state index contributed by atoms with van der Waals surface area (Å²) in [6.45, 7) is 2.11. The summed E-state index contributed by atoms with van der Waals surface area (Å²) in [5, 5.41) is 0. The summed E-state index contributed by atoms with van der Waals surface area (Å²) in [6.07, 6.45) is 4.57. The number of Topliss-reactive ketones (excluding diaryl/α,β-unsaturated/α-hetero) is 1. The van der Waals surface area contributed by atoms with Crippen molar-refractivity contribution in [2.45, 2.75) is 32.6 Å². The third-order valence-electron chi connectivity index (χ3n) is 2.04. The van der Waals surface area contributed by atoms with Gasteiger partial charge < -0.3 is 4.74 Å². The number of hydrogen-bond acceptors (Lipinski definition) is 3. The first kappa shape index (κ1) is 9.96. The van der Waals surface area contributed by atoms with Gasteiger partial charge in [0.15, 0.2) is 5.78 Å². The maximum absolute atomic E-state index is 11.3. The van der Waals surface area contributed by atoms with Crippen molar-refractivity contribution in [3.63, 3.8) is 0 Å². The second-order valence-electron chi connectivity index (χ2n) is 3.05. The van der Waals surface area contributed by atoms with Gasteiger partial charge in [-0.15, -0.1) is 0 Å². The van der Waals surface area contributed by atoms with Crippen molar-refractivity contribution >= 4 is 11.8 Å². The molecule has 0 radical (unpaired) electrons. The molecule has 0 spiro atoms. The first-order valence-corrected chi connectivity index (χ1v) is 4.64. The summed E-state index contributed by atoms with van der Waals surface area (Å²) in [5.74, 6) is -0.299. The van der Waals surface area contributed by atoms with Crippen LogP contribution in [0.4, 0.5) is 0 Å². The van der Waals surface area contributed by atoms with Crippen LogP contribution in [0.5, 0.6) is 0 Å². The highest BCUT2D eigenvalue weighted by Gasteiger charge is 2.15. The van der Waals surface area contributed by atoms with Crippen molar-refractivity contribution in [3.8, 4) is 0 Å². The lowest BCUT2D eigenvalue weighted by Gasteiger charge is -2.11. The Labute approximate surface area is 77.8 Å². The van der Waals surface area contributed by atoms with E-state index in [0.717, 1.165) is 19.3 Å². The molecule has 3 nitrogen and oxygen atoms in total. The van der Waals surface area contributed by atoms with Crippen LogP contribution in [-0.2, 0) is 14.3 Å². The molecule has 0 aromatic carbocycles. The summed E-state index contributed by atoms with van der Waals surface area (Å²) in [5.41, 5.74) is 0.629. The molecule has 1 rings (SSSR count). The number of allylic oxidation sites excluding steroid dienone is 1. The van der Waals surface area contributed by atoms with Crippen LogP contribution < -0.4 is 0 Å². The number of esters is 1. The third kappa shape index (κ3) is 3.01. The predicted molar refractivity (Wildman–Crippen MR) is 48.2 cm³/mol. The topological polar surface area (TPSA) is 43.4 Å².